The molecule has 1 amide bonds. The normalized spacial score (nSPS) is 10.4. The predicted molar refractivity (Wildman–Crippen MR) is 81.5 cm³/mol. The van der Waals surface area contributed by atoms with Crippen molar-refractivity contribution >= 4 is 23.4 Å². The van der Waals surface area contributed by atoms with Crippen LogP contribution >= 0.6 is 0 Å². The number of carbonyl (C=O) groups excluding carboxylic acids is 1. The maximum absolute atomic E-state index is 11.7. The van der Waals surface area contributed by atoms with Crippen molar-refractivity contribution < 1.29 is 9.53 Å². The molecule has 0 saturated carbocycles. The van der Waals surface area contributed by atoms with Gasteiger partial charge in [0, 0.05) is 11.8 Å². The molecular weight excluding hydrogens is 252 g/mol. The van der Waals surface area contributed by atoms with Crippen LogP contribution in [0.25, 0.3) is 6.08 Å². The van der Waals surface area contributed by atoms with E-state index in [9.17, 15) is 4.79 Å². The van der Waals surface area contributed by atoms with Gasteiger partial charge in [0.1, 0.15) is 5.75 Å². The summed E-state index contributed by atoms with van der Waals surface area (Å²) in [7, 11) is 1.56. The van der Waals surface area contributed by atoms with Crippen molar-refractivity contribution in [2.24, 2.45) is 0 Å². The number of nitrogen functional groups attached to an aromatic ring is 1. The number of para-hydroxylation sites is 1. The van der Waals surface area contributed by atoms with E-state index in [0.717, 1.165) is 11.3 Å². The van der Waals surface area contributed by atoms with Gasteiger partial charge < -0.3 is 15.8 Å². The Labute approximate surface area is 117 Å². The topological polar surface area (TPSA) is 64.3 Å². The first kappa shape index (κ1) is 13.7. The van der Waals surface area contributed by atoms with Crippen LogP contribution in [-0.4, -0.2) is 13.0 Å². The molecule has 102 valence electrons. The third kappa shape index (κ3) is 3.62. The predicted octanol–water partition coefficient (Wildman–Crippen LogP) is 2.93. The fraction of sp³-hybridized carbons (Fsp3) is 0.0625. The summed E-state index contributed by atoms with van der Waals surface area (Å²) in [4.78, 5) is 11.7. The second kappa shape index (κ2) is 6.43. The van der Waals surface area contributed by atoms with Crippen molar-refractivity contribution in [1.82, 2.24) is 0 Å². The van der Waals surface area contributed by atoms with Crippen LogP contribution in [0.5, 0.6) is 5.75 Å². The van der Waals surface area contributed by atoms with E-state index in [-0.39, 0.29) is 5.91 Å². The first-order valence-corrected chi connectivity index (χ1v) is 6.16. The van der Waals surface area contributed by atoms with Crippen LogP contribution in [-0.2, 0) is 4.79 Å². The fourth-order valence-electron chi connectivity index (χ4n) is 1.73. The molecule has 0 aliphatic carbocycles. The van der Waals surface area contributed by atoms with Crippen molar-refractivity contribution in [1.29, 1.82) is 0 Å². The number of rotatable bonds is 4. The quantitative estimate of drug-likeness (QED) is 0.662. The van der Waals surface area contributed by atoms with Crippen LogP contribution < -0.4 is 15.8 Å². The van der Waals surface area contributed by atoms with Gasteiger partial charge in [-0.3, -0.25) is 4.79 Å². The Morgan fingerprint density at radius 3 is 2.60 bits per heavy atom. The highest BCUT2D eigenvalue weighted by atomic mass is 16.5. The first-order chi connectivity index (χ1) is 9.69. The molecule has 2 aromatic rings. The highest BCUT2D eigenvalue weighted by molar-refractivity contribution is 6.01. The minimum absolute atomic E-state index is 0.189. The van der Waals surface area contributed by atoms with Gasteiger partial charge in [0.15, 0.2) is 0 Å². The van der Waals surface area contributed by atoms with Gasteiger partial charge in [0.05, 0.1) is 12.8 Å². The Morgan fingerprint density at radius 2 is 1.95 bits per heavy atom. The highest BCUT2D eigenvalue weighted by Crippen LogP contribution is 2.22. The Balaban J connectivity index is 2.02. The Morgan fingerprint density at radius 1 is 1.20 bits per heavy atom. The number of hydrogen-bond donors (Lipinski definition) is 2. The lowest BCUT2D eigenvalue weighted by Crippen LogP contribution is -2.07. The summed E-state index contributed by atoms with van der Waals surface area (Å²) in [5.74, 6) is 0.432. The first-order valence-electron chi connectivity index (χ1n) is 6.16. The van der Waals surface area contributed by atoms with Gasteiger partial charge in [-0.25, -0.2) is 0 Å². The summed E-state index contributed by atoms with van der Waals surface area (Å²) in [6, 6.07) is 14.6. The molecule has 0 unspecified atom stereocenters. The molecule has 0 atom stereocenters. The molecule has 0 aliphatic rings. The van der Waals surface area contributed by atoms with E-state index in [0.29, 0.717) is 11.4 Å². The van der Waals surface area contributed by atoms with E-state index < -0.39 is 0 Å². The Bertz CT molecular complexity index is 622. The second-order valence-electron chi connectivity index (χ2n) is 4.19. The third-order valence-corrected chi connectivity index (χ3v) is 2.72. The number of amides is 1. The van der Waals surface area contributed by atoms with E-state index >= 15 is 0 Å². The van der Waals surface area contributed by atoms with Crippen LogP contribution in [0, 0.1) is 0 Å². The maximum atomic E-state index is 11.7. The largest absolute Gasteiger partial charge is 0.495 e. The number of hydrogen-bond acceptors (Lipinski definition) is 3. The zero-order valence-corrected chi connectivity index (χ0v) is 11.2. The maximum Gasteiger partial charge on any atom is 0.248 e. The number of nitrogens with two attached hydrogens (primary N) is 1. The molecule has 0 aromatic heterocycles. The Hall–Kier alpha value is -2.75. The van der Waals surface area contributed by atoms with E-state index in [1.54, 1.807) is 25.3 Å². The van der Waals surface area contributed by atoms with Crippen molar-refractivity contribution in [2.45, 2.75) is 0 Å². The molecule has 0 radical (unpaired) electrons. The average Bonchev–Trinajstić information content (AvgIpc) is 2.46. The monoisotopic (exact) mass is 268 g/mol. The second-order valence-corrected chi connectivity index (χ2v) is 4.19. The van der Waals surface area contributed by atoms with Gasteiger partial charge in [-0.15, -0.1) is 0 Å². The van der Waals surface area contributed by atoms with E-state index in [1.807, 2.05) is 36.4 Å². The van der Waals surface area contributed by atoms with Gasteiger partial charge in [-0.05, 0) is 35.9 Å². The minimum atomic E-state index is -0.189. The number of anilines is 2. The summed E-state index contributed by atoms with van der Waals surface area (Å²) >= 11 is 0. The summed E-state index contributed by atoms with van der Waals surface area (Å²) in [5, 5.41) is 2.77. The number of methoxy groups -OCH3 is 1. The molecule has 0 aliphatic heterocycles. The molecule has 4 heteroatoms. The molecule has 0 spiro atoms. The molecule has 2 rings (SSSR count). The van der Waals surface area contributed by atoms with E-state index in [4.69, 9.17) is 10.5 Å². The van der Waals surface area contributed by atoms with Crippen molar-refractivity contribution in [3.8, 4) is 5.75 Å². The minimum Gasteiger partial charge on any atom is -0.495 e. The van der Waals surface area contributed by atoms with Gasteiger partial charge in [0.2, 0.25) is 5.91 Å². The summed E-state index contributed by atoms with van der Waals surface area (Å²) in [5.41, 5.74) is 7.94. The molecular formula is C16H16N2O2. The molecule has 0 fully saturated rings. The summed E-state index contributed by atoms with van der Waals surface area (Å²) in [6.07, 6.45) is 3.17. The molecule has 2 aromatic carbocycles. The van der Waals surface area contributed by atoms with Crippen LogP contribution in [0.15, 0.2) is 54.6 Å². The van der Waals surface area contributed by atoms with Gasteiger partial charge in [-0.2, -0.15) is 0 Å². The summed E-state index contributed by atoms with van der Waals surface area (Å²) < 4.78 is 5.08. The van der Waals surface area contributed by atoms with Gasteiger partial charge in [-0.1, -0.05) is 24.3 Å². The molecule has 4 nitrogen and oxygen atoms in total. The molecule has 20 heavy (non-hydrogen) atoms. The van der Waals surface area contributed by atoms with Crippen LogP contribution in [0.4, 0.5) is 11.4 Å². The standard InChI is InChI=1S/C16H16N2O2/c1-20-15-9-7-12(11-14(15)17)8-10-16(19)18-13-5-3-2-4-6-13/h2-11H,17H2,1H3,(H,18,19)/b10-8+. The molecule has 3 N–H and O–H groups in total. The lowest BCUT2D eigenvalue weighted by atomic mass is 10.1. The lowest BCUT2D eigenvalue weighted by molar-refractivity contribution is -0.111. The van der Waals surface area contributed by atoms with Crippen LogP contribution in [0.1, 0.15) is 5.56 Å². The van der Waals surface area contributed by atoms with Crippen molar-refractivity contribution in [3.63, 3.8) is 0 Å². The van der Waals surface area contributed by atoms with Gasteiger partial charge in [0.25, 0.3) is 0 Å². The van der Waals surface area contributed by atoms with Crippen molar-refractivity contribution in [2.75, 3.05) is 18.2 Å². The van der Waals surface area contributed by atoms with Gasteiger partial charge >= 0.3 is 0 Å². The lowest BCUT2D eigenvalue weighted by Gasteiger charge is -2.04. The zero-order chi connectivity index (χ0) is 14.4. The average molecular weight is 268 g/mol. The Kier molecular flexibility index (Phi) is 4.39. The zero-order valence-electron chi connectivity index (χ0n) is 11.2. The molecule has 0 saturated heterocycles. The van der Waals surface area contributed by atoms with E-state index in [1.165, 1.54) is 6.08 Å². The number of nitrogens with one attached hydrogen (secondary N) is 1. The molecule has 0 bridgehead atoms. The summed E-state index contributed by atoms with van der Waals surface area (Å²) in [6.45, 7) is 0. The molecule has 0 heterocycles. The highest BCUT2D eigenvalue weighted by Gasteiger charge is 2.00. The van der Waals surface area contributed by atoms with Crippen LogP contribution in [0.3, 0.4) is 0 Å². The number of carbonyl (C=O) groups is 1. The SMILES string of the molecule is COc1ccc(/C=C/C(=O)Nc2ccccc2)cc1N. The van der Waals surface area contributed by atoms with E-state index in [2.05, 4.69) is 5.32 Å². The van der Waals surface area contributed by atoms with Crippen LogP contribution in [0.2, 0.25) is 0 Å². The smallest absolute Gasteiger partial charge is 0.248 e. The fourth-order valence-corrected chi connectivity index (χ4v) is 1.73. The third-order valence-electron chi connectivity index (χ3n) is 2.72. The number of benzene rings is 2. The number of ether oxygens (including phenoxy) is 1. The van der Waals surface area contributed by atoms with Crippen molar-refractivity contribution in [3.05, 3.63) is 60.2 Å².